The summed E-state index contributed by atoms with van der Waals surface area (Å²) in [6.45, 7) is 3.71. The Morgan fingerprint density at radius 1 is 1.13 bits per heavy atom. The molecule has 2 aromatic rings. The monoisotopic (exact) mass is 377 g/mol. The third-order valence-corrected chi connectivity index (χ3v) is 3.87. The predicted octanol–water partition coefficient (Wildman–Crippen LogP) is 4.41. The topological polar surface area (TPSA) is 84.3 Å². The lowest BCUT2D eigenvalue weighted by atomic mass is 9.94. The van der Waals surface area contributed by atoms with Crippen LogP contribution in [0, 0.1) is 10.1 Å². The van der Waals surface area contributed by atoms with E-state index in [0.29, 0.717) is 0 Å². The summed E-state index contributed by atoms with van der Waals surface area (Å²) >= 11 is 3.37. The Hall–Kier alpha value is -2.41. The van der Waals surface area contributed by atoms with Gasteiger partial charge in [0.1, 0.15) is 5.69 Å². The van der Waals surface area contributed by atoms with Crippen LogP contribution in [-0.2, 0) is 5.54 Å². The maximum Gasteiger partial charge on any atom is 0.320 e. The van der Waals surface area contributed by atoms with Gasteiger partial charge < -0.3 is 10.6 Å². The molecule has 2 amide bonds. The minimum Gasteiger partial charge on any atom is -0.329 e. The number of nitrogens with zero attached hydrogens (tertiary/aromatic N) is 1. The van der Waals surface area contributed by atoms with Gasteiger partial charge in [0.05, 0.1) is 10.5 Å². The molecule has 0 unspecified atom stereocenters. The van der Waals surface area contributed by atoms with Crippen LogP contribution in [-0.4, -0.2) is 11.0 Å². The molecule has 0 aliphatic carbocycles. The van der Waals surface area contributed by atoms with E-state index in [1.165, 1.54) is 12.1 Å². The zero-order chi connectivity index (χ0) is 17.0. The molecule has 0 saturated carbocycles. The fraction of sp³-hybridized carbons (Fsp3) is 0.188. The van der Waals surface area contributed by atoms with Crippen molar-refractivity contribution in [1.82, 2.24) is 5.32 Å². The number of nitro benzene ring substituents is 1. The first-order valence-electron chi connectivity index (χ1n) is 6.88. The lowest BCUT2D eigenvalue weighted by Gasteiger charge is -2.27. The van der Waals surface area contributed by atoms with Crippen LogP contribution < -0.4 is 10.6 Å². The summed E-state index contributed by atoms with van der Waals surface area (Å²) in [4.78, 5) is 22.6. The summed E-state index contributed by atoms with van der Waals surface area (Å²) in [6, 6.07) is 13.1. The lowest BCUT2D eigenvalue weighted by Crippen LogP contribution is -2.43. The molecule has 0 aliphatic heterocycles. The number of hydrogen-bond donors (Lipinski definition) is 2. The van der Waals surface area contributed by atoms with Crippen LogP contribution in [0.25, 0.3) is 0 Å². The summed E-state index contributed by atoms with van der Waals surface area (Å²) in [5.74, 6) is 0. The molecule has 0 bridgehead atoms. The standard InChI is InChI=1S/C16H16BrN3O3/c1-16(2,11-7-9-12(17)10-8-11)19-15(21)18-13-5-3-4-6-14(13)20(22)23/h3-10H,1-2H3,(H2,18,19,21). The molecule has 7 heteroatoms. The summed E-state index contributed by atoms with van der Waals surface area (Å²) in [5, 5.41) is 16.3. The number of benzene rings is 2. The molecule has 120 valence electrons. The molecule has 0 aliphatic rings. The van der Waals surface area contributed by atoms with Gasteiger partial charge in [-0.3, -0.25) is 10.1 Å². The van der Waals surface area contributed by atoms with E-state index in [9.17, 15) is 14.9 Å². The average Bonchev–Trinajstić information content (AvgIpc) is 2.47. The number of hydrogen-bond acceptors (Lipinski definition) is 3. The van der Waals surface area contributed by atoms with E-state index in [4.69, 9.17) is 0 Å². The van der Waals surface area contributed by atoms with Crippen molar-refractivity contribution >= 4 is 33.3 Å². The molecule has 2 N–H and O–H groups in total. The number of nitro groups is 1. The lowest BCUT2D eigenvalue weighted by molar-refractivity contribution is -0.383. The number of halogens is 1. The first-order chi connectivity index (χ1) is 10.8. The Morgan fingerprint density at radius 2 is 1.74 bits per heavy atom. The van der Waals surface area contributed by atoms with Crippen molar-refractivity contribution in [2.45, 2.75) is 19.4 Å². The minimum absolute atomic E-state index is 0.149. The van der Waals surface area contributed by atoms with Crippen LogP contribution in [0.2, 0.25) is 0 Å². The minimum atomic E-state index is -0.631. The molecule has 0 radical (unpaired) electrons. The quantitative estimate of drug-likeness (QED) is 0.610. The smallest absolute Gasteiger partial charge is 0.320 e. The van der Waals surface area contributed by atoms with Gasteiger partial charge >= 0.3 is 6.03 Å². The zero-order valence-electron chi connectivity index (χ0n) is 12.7. The van der Waals surface area contributed by atoms with Crippen LogP contribution in [0.4, 0.5) is 16.2 Å². The van der Waals surface area contributed by atoms with Gasteiger partial charge in [-0.1, -0.05) is 40.2 Å². The number of urea groups is 1. The highest BCUT2D eigenvalue weighted by Gasteiger charge is 2.24. The van der Waals surface area contributed by atoms with Gasteiger partial charge in [-0.25, -0.2) is 4.79 Å². The molecule has 6 nitrogen and oxygen atoms in total. The average molecular weight is 378 g/mol. The van der Waals surface area contributed by atoms with Crippen LogP contribution in [0.3, 0.4) is 0 Å². The molecular formula is C16H16BrN3O3. The second kappa shape index (κ2) is 6.78. The zero-order valence-corrected chi connectivity index (χ0v) is 14.3. The van der Waals surface area contributed by atoms with Crippen molar-refractivity contribution < 1.29 is 9.72 Å². The first-order valence-corrected chi connectivity index (χ1v) is 7.67. The van der Waals surface area contributed by atoms with Crippen molar-refractivity contribution in [3.63, 3.8) is 0 Å². The van der Waals surface area contributed by atoms with Gasteiger partial charge in [0.2, 0.25) is 0 Å². The molecular weight excluding hydrogens is 362 g/mol. The highest BCUT2D eigenvalue weighted by molar-refractivity contribution is 9.10. The Kier molecular flexibility index (Phi) is 5.00. The third kappa shape index (κ3) is 4.29. The Morgan fingerprint density at radius 3 is 2.35 bits per heavy atom. The normalized spacial score (nSPS) is 10.9. The molecule has 0 heterocycles. The Balaban J connectivity index is 2.13. The SMILES string of the molecule is CC(C)(NC(=O)Nc1ccccc1[N+](=O)[O-])c1ccc(Br)cc1. The summed E-state index contributed by atoms with van der Waals surface area (Å²) in [6.07, 6.45) is 0. The third-order valence-electron chi connectivity index (χ3n) is 3.34. The van der Waals surface area contributed by atoms with Crippen molar-refractivity contribution in [3.8, 4) is 0 Å². The number of anilines is 1. The predicted molar refractivity (Wildman–Crippen MR) is 92.4 cm³/mol. The Bertz CT molecular complexity index is 730. The number of nitrogens with one attached hydrogen (secondary N) is 2. The molecule has 23 heavy (non-hydrogen) atoms. The van der Waals surface area contributed by atoms with Crippen molar-refractivity contribution in [2.75, 3.05) is 5.32 Å². The second-order valence-electron chi connectivity index (χ2n) is 5.49. The van der Waals surface area contributed by atoms with E-state index in [2.05, 4.69) is 26.6 Å². The molecule has 0 aromatic heterocycles. The maximum absolute atomic E-state index is 12.2. The van der Waals surface area contributed by atoms with Crippen LogP contribution in [0.1, 0.15) is 19.4 Å². The van der Waals surface area contributed by atoms with Crippen molar-refractivity contribution in [2.24, 2.45) is 0 Å². The molecule has 2 aromatic carbocycles. The van der Waals surface area contributed by atoms with Gasteiger partial charge in [-0.05, 0) is 37.6 Å². The highest BCUT2D eigenvalue weighted by atomic mass is 79.9. The van der Waals surface area contributed by atoms with E-state index in [1.54, 1.807) is 12.1 Å². The fourth-order valence-corrected chi connectivity index (χ4v) is 2.38. The maximum atomic E-state index is 12.2. The number of para-hydroxylation sites is 2. The molecule has 0 atom stereocenters. The molecule has 0 spiro atoms. The second-order valence-corrected chi connectivity index (χ2v) is 6.40. The van der Waals surface area contributed by atoms with E-state index >= 15 is 0 Å². The van der Waals surface area contributed by atoms with Gasteiger partial charge in [0.15, 0.2) is 0 Å². The number of amides is 2. The van der Waals surface area contributed by atoms with Crippen molar-refractivity contribution in [3.05, 3.63) is 68.7 Å². The summed E-state index contributed by atoms with van der Waals surface area (Å²) in [7, 11) is 0. The van der Waals surface area contributed by atoms with E-state index in [1.807, 2.05) is 38.1 Å². The fourth-order valence-electron chi connectivity index (χ4n) is 2.11. The highest BCUT2D eigenvalue weighted by Crippen LogP contribution is 2.25. The van der Waals surface area contributed by atoms with Crippen LogP contribution in [0.15, 0.2) is 53.0 Å². The summed E-state index contributed by atoms with van der Waals surface area (Å²) in [5.41, 5.74) is 0.290. The van der Waals surface area contributed by atoms with Gasteiger partial charge in [0, 0.05) is 10.5 Å². The Labute approximate surface area is 142 Å². The van der Waals surface area contributed by atoms with Gasteiger partial charge in [-0.2, -0.15) is 0 Å². The van der Waals surface area contributed by atoms with Crippen LogP contribution in [0.5, 0.6) is 0 Å². The summed E-state index contributed by atoms with van der Waals surface area (Å²) < 4.78 is 0.946. The first kappa shape index (κ1) is 17.0. The van der Waals surface area contributed by atoms with Gasteiger partial charge in [-0.15, -0.1) is 0 Å². The number of rotatable bonds is 4. The molecule has 0 saturated heterocycles. The van der Waals surface area contributed by atoms with E-state index in [0.717, 1.165) is 10.0 Å². The van der Waals surface area contributed by atoms with Gasteiger partial charge in [0.25, 0.3) is 5.69 Å². The van der Waals surface area contributed by atoms with Crippen molar-refractivity contribution in [1.29, 1.82) is 0 Å². The number of carbonyl (C=O) groups is 1. The van der Waals surface area contributed by atoms with E-state index < -0.39 is 16.5 Å². The largest absolute Gasteiger partial charge is 0.329 e. The van der Waals surface area contributed by atoms with Crippen LogP contribution >= 0.6 is 15.9 Å². The molecule has 0 fully saturated rings. The molecule has 2 rings (SSSR count). The van der Waals surface area contributed by atoms with E-state index in [-0.39, 0.29) is 11.4 Å². The number of carbonyl (C=O) groups excluding carboxylic acids is 1.